The Morgan fingerprint density at radius 1 is 1.06 bits per heavy atom. The van der Waals surface area contributed by atoms with E-state index < -0.39 is 0 Å². The van der Waals surface area contributed by atoms with Gasteiger partial charge in [-0.25, -0.2) is 0 Å². The molecule has 2 atom stereocenters. The van der Waals surface area contributed by atoms with E-state index in [4.69, 9.17) is 23.2 Å². The summed E-state index contributed by atoms with van der Waals surface area (Å²) < 4.78 is 0. The maximum absolute atomic E-state index is 6.07. The van der Waals surface area contributed by atoms with Crippen molar-refractivity contribution < 1.29 is 0 Å². The van der Waals surface area contributed by atoms with E-state index in [9.17, 15) is 0 Å². The van der Waals surface area contributed by atoms with Crippen molar-refractivity contribution in [3.8, 4) is 0 Å². The third-order valence-corrected chi connectivity index (χ3v) is 4.37. The molecule has 1 fully saturated rings. The molecule has 1 aliphatic heterocycles. The molecule has 1 aromatic rings. The Kier molecular flexibility index (Phi) is 3.86. The molecular weight excluding hydrogens is 255 g/mol. The number of benzene rings is 1. The summed E-state index contributed by atoms with van der Waals surface area (Å²) >= 11 is 12.0. The van der Waals surface area contributed by atoms with Crippen LogP contribution in [0.3, 0.4) is 0 Å². The minimum absolute atomic E-state index is 0.549. The normalized spacial score (nSPS) is 26.3. The van der Waals surface area contributed by atoms with E-state index in [1.807, 2.05) is 18.2 Å². The molecular formula is C13H18Cl2N2. The highest BCUT2D eigenvalue weighted by molar-refractivity contribution is 6.42. The largest absolute Gasteiger partial charge is 0.368 e. The highest BCUT2D eigenvalue weighted by Gasteiger charge is 2.26. The highest BCUT2D eigenvalue weighted by atomic mass is 35.5. The van der Waals surface area contributed by atoms with Crippen LogP contribution in [0.15, 0.2) is 18.2 Å². The lowest BCUT2D eigenvalue weighted by Gasteiger charge is -2.43. The quantitative estimate of drug-likeness (QED) is 0.772. The van der Waals surface area contributed by atoms with E-state index in [0.717, 1.165) is 18.8 Å². The molecule has 0 aromatic heterocycles. The number of rotatable bonds is 1. The van der Waals surface area contributed by atoms with Gasteiger partial charge in [0.15, 0.2) is 0 Å². The Labute approximate surface area is 113 Å². The van der Waals surface area contributed by atoms with Crippen molar-refractivity contribution in [2.45, 2.75) is 25.9 Å². The van der Waals surface area contributed by atoms with Crippen LogP contribution in [0.1, 0.15) is 13.8 Å². The summed E-state index contributed by atoms with van der Waals surface area (Å²) in [6.07, 6.45) is 0. The topological polar surface area (TPSA) is 6.48 Å². The second kappa shape index (κ2) is 5.05. The van der Waals surface area contributed by atoms with Crippen LogP contribution in [-0.2, 0) is 0 Å². The van der Waals surface area contributed by atoms with E-state index in [0.29, 0.717) is 22.1 Å². The molecule has 0 amide bonds. The van der Waals surface area contributed by atoms with Crippen LogP contribution < -0.4 is 4.90 Å². The van der Waals surface area contributed by atoms with E-state index in [2.05, 4.69) is 30.7 Å². The molecule has 0 aliphatic carbocycles. The second-order valence-corrected chi connectivity index (χ2v) is 5.68. The van der Waals surface area contributed by atoms with Crippen molar-refractivity contribution in [3.63, 3.8) is 0 Å². The second-order valence-electron chi connectivity index (χ2n) is 4.87. The Balaban J connectivity index is 2.20. The van der Waals surface area contributed by atoms with Gasteiger partial charge >= 0.3 is 0 Å². The van der Waals surface area contributed by atoms with Gasteiger partial charge in [0.25, 0.3) is 0 Å². The fourth-order valence-electron chi connectivity index (χ4n) is 2.30. The van der Waals surface area contributed by atoms with Crippen LogP contribution in [0.25, 0.3) is 0 Å². The fourth-order valence-corrected chi connectivity index (χ4v) is 2.59. The number of halogens is 2. The van der Waals surface area contributed by atoms with Gasteiger partial charge in [-0.2, -0.15) is 0 Å². The SMILES string of the molecule is CC1CN(c2ccc(Cl)c(Cl)c2)CC(C)N1C. The lowest BCUT2D eigenvalue weighted by Crippen LogP contribution is -2.55. The van der Waals surface area contributed by atoms with Gasteiger partial charge in [-0.15, -0.1) is 0 Å². The summed E-state index contributed by atoms with van der Waals surface area (Å²) in [5.74, 6) is 0. The average molecular weight is 273 g/mol. The molecule has 4 heteroatoms. The highest BCUT2D eigenvalue weighted by Crippen LogP contribution is 2.29. The summed E-state index contributed by atoms with van der Waals surface area (Å²) in [4.78, 5) is 4.78. The zero-order valence-electron chi connectivity index (χ0n) is 10.5. The molecule has 2 nitrogen and oxygen atoms in total. The van der Waals surface area contributed by atoms with Crippen LogP contribution in [0.2, 0.25) is 10.0 Å². The molecule has 0 spiro atoms. The monoisotopic (exact) mass is 272 g/mol. The Morgan fingerprint density at radius 3 is 2.18 bits per heavy atom. The van der Waals surface area contributed by atoms with Crippen molar-refractivity contribution in [2.75, 3.05) is 25.0 Å². The van der Waals surface area contributed by atoms with Gasteiger partial charge in [0.05, 0.1) is 10.0 Å². The van der Waals surface area contributed by atoms with Crippen molar-refractivity contribution in [3.05, 3.63) is 28.2 Å². The molecule has 0 radical (unpaired) electrons. The van der Waals surface area contributed by atoms with E-state index in [1.165, 1.54) is 0 Å². The number of hydrogen-bond donors (Lipinski definition) is 0. The molecule has 0 bridgehead atoms. The Morgan fingerprint density at radius 2 is 1.65 bits per heavy atom. The van der Waals surface area contributed by atoms with Crippen LogP contribution >= 0.6 is 23.2 Å². The standard InChI is InChI=1S/C13H18Cl2N2/c1-9-7-17(8-10(2)16(9)3)11-4-5-12(14)13(15)6-11/h4-6,9-10H,7-8H2,1-3H3. The first-order valence-corrected chi connectivity index (χ1v) is 6.66. The fraction of sp³-hybridized carbons (Fsp3) is 0.538. The lowest BCUT2D eigenvalue weighted by atomic mass is 10.1. The first kappa shape index (κ1) is 13.0. The maximum Gasteiger partial charge on any atom is 0.0612 e. The van der Waals surface area contributed by atoms with Gasteiger partial charge in [0.2, 0.25) is 0 Å². The number of nitrogens with zero attached hydrogens (tertiary/aromatic N) is 2. The van der Waals surface area contributed by atoms with Crippen LogP contribution in [0.5, 0.6) is 0 Å². The number of likely N-dealkylation sites (N-methyl/N-ethyl adjacent to an activating group) is 1. The number of anilines is 1. The first-order valence-electron chi connectivity index (χ1n) is 5.91. The van der Waals surface area contributed by atoms with Crippen molar-refractivity contribution in [2.24, 2.45) is 0 Å². The van der Waals surface area contributed by atoms with E-state index in [1.54, 1.807) is 0 Å². The van der Waals surface area contributed by atoms with Gasteiger partial charge < -0.3 is 4.90 Å². The summed E-state index contributed by atoms with van der Waals surface area (Å²) in [7, 11) is 2.18. The number of hydrogen-bond acceptors (Lipinski definition) is 2. The summed E-state index contributed by atoms with van der Waals surface area (Å²) in [6.45, 7) is 6.55. The predicted molar refractivity (Wildman–Crippen MR) is 75.4 cm³/mol. The van der Waals surface area contributed by atoms with Gasteiger partial charge in [-0.3, -0.25) is 4.90 Å². The molecule has 1 heterocycles. The van der Waals surface area contributed by atoms with E-state index in [-0.39, 0.29) is 0 Å². The van der Waals surface area contributed by atoms with Gasteiger partial charge in [-0.1, -0.05) is 23.2 Å². The summed E-state index contributed by atoms with van der Waals surface area (Å²) in [5, 5.41) is 1.24. The van der Waals surface area contributed by atoms with Crippen molar-refractivity contribution in [1.82, 2.24) is 4.90 Å². The third kappa shape index (κ3) is 2.70. The molecule has 94 valence electrons. The smallest absolute Gasteiger partial charge is 0.0612 e. The molecule has 1 aromatic carbocycles. The minimum Gasteiger partial charge on any atom is -0.368 e. The summed E-state index contributed by atoms with van der Waals surface area (Å²) in [5.41, 5.74) is 1.16. The average Bonchev–Trinajstić information content (AvgIpc) is 2.29. The van der Waals surface area contributed by atoms with Crippen LogP contribution in [0.4, 0.5) is 5.69 Å². The zero-order chi connectivity index (χ0) is 12.6. The van der Waals surface area contributed by atoms with E-state index >= 15 is 0 Å². The van der Waals surface area contributed by atoms with Gasteiger partial charge in [-0.05, 0) is 39.1 Å². The summed E-state index contributed by atoms with van der Waals surface area (Å²) in [6, 6.07) is 6.96. The lowest BCUT2D eigenvalue weighted by molar-refractivity contribution is 0.170. The molecule has 1 saturated heterocycles. The van der Waals surface area contributed by atoms with Crippen molar-refractivity contribution in [1.29, 1.82) is 0 Å². The Hall–Kier alpha value is -0.440. The molecule has 2 rings (SSSR count). The number of piperazine rings is 1. The zero-order valence-corrected chi connectivity index (χ0v) is 12.0. The van der Waals surface area contributed by atoms with Crippen LogP contribution in [0, 0.1) is 0 Å². The Bertz CT molecular complexity index is 396. The third-order valence-electron chi connectivity index (χ3n) is 3.63. The van der Waals surface area contributed by atoms with Gasteiger partial charge in [0, 0.05) is 30.9 Å². The molecule has 0 N–H and O–H groups in total. The van der Waals surface area contributed by atoms with Crippen molar-refractivity contribution >= 4 is 28.9 Å². The first-order chi connectivity index (χ1) is 7.99. The molecule has 1 aliphatic rings. The molecule has 2 unspecified atom stereocenters. The predicted octanol–water partition coefficient (Wildman–Crippen LogP) is 3.52. The van der Waals surface area contributed by atoms with Crippen LogP contribution in [-0.4, -0.2) is 37.1 Å². The van der Waals surface area contributed by atoms with Gasteiger partial charge in [0.1, 0.15) is 0 Å². The minimum atomic E-state index is 0.549. The molecule has 0 saturated carbocycles. The molecule has 17 heavy (non-hydrogen) atoms. The maximum atomic E-state index is 6.07.